The molecule has 0 atom stereocenters. The van der Waals surface area contributed by atoms with Crippen molar-refractivity contribution in [2.24, 2.45) is 5.14 Å². The minimum atomic E-state index is -3.67. The van der Waals surface area contributed by atoms with E-state index in [1.807, 2.05) is 32.8 Å². The van der Waals surface area contributed by atoms with Crippen LogP contribution in [-0.2, 0) is 15.6 Å². The highest BCUT2D eigenvalue weighted by Crippen LogP contribution is 2.17. The first-order chi connectivity index (χ1) is 7.13. The van der Waals surface area contributed by atoms with Gasteiger partial charge in [0.25, 0.3) is 0 Å². The van der Waals surface area contributed by atoms with Crippen LogP contribution < -0.4 is 5.14 Å². The molecule has 1 rings (SSSR count). The molecule has 2 N–H and O–H groups in total. The maximum atomic E-state index is 11.1. The fourth-order valence-corrected chi connectivity index (χ4v) is 2.07. The van der Waals surface area contributed by atoms with Gasteiger partial charge < -0.3 is 4.90 Å². The smallest absolute Gasteiger partial charge is 0.241 e. The van der Waals surface area contributed by atoms with Crippen LogP contribution in [0.25, 0.3) is 0 Å². The molecule has 0 bridgehead atoms. The van der Waals surface area contributed by atoms with Gasteiger partial charge in [0.2, 0.25) is 10.0 Å². The molecule has 0 spiro atoms. The van der Waals surface area contributed by atoms with Crippen LogP contribution in [0.3, 0.4) is 0 Å². The Balaban J connectivity index is 3.02. The van der Waals surface area contributed by atoms with Gasteiger partial charge in [0.1, 0.15) is 4.90 Å². The van der Waals surface area contributed by atoms with E-state index in [0.29, 0.717) is 0 Å². The molecular weight excluding hydrogens is 228 g/mol. The molecule has 0 saturated heterocycles. The van der Waals surface area contributed by atoms with E-state index in [-0.39, 0.29) is 10.4 Å². The Morgan fingerprint density at radius 2 is 2.06 bits per heavy atom. The number of aromatic nitrogens is 2. The summed E-state index contributed by atoms with van der Waals surface area (Å²) < 4.78 is 23.8. The third kappa shape index (κ3) is 3.03. The second-order valence-electron chi connectivity index (χ2n) is 4.72. The van der Waals surface area contributed by atoms with Gasteiger partial charge >= 0.3 is 0 Å². The lowest BCUT2D eigenvalue weighted by Gasteiger charge is -2.28. The minimum absolute atomic E-state index is 0.0410. The third-order valence-corrected chi connectivity index (χ3v) is 3.08. The summed E-state index contributed by atoms with van der Waals surface area (Å²) in [5, 5.41) is 9.06. The summed E-state index contributed by atoms with van der Waals surface area (Å²) in [5.74, 6) is 0. The Kier molecular flexibility index (Phi) is 3.41. The molecule has 0 amide bonds. The summed E-state index contributed by atoms with van der Waals surface area (Å²) in [6.07, 6.45) is 2.73. The molecule has 0 saturated carbocycles. The summed E-state index contributed by atoms with van der Waals surface area (Å²) in [6.45, 7) is 4.71. The molecule has 0 aromatic carbocycles. The molecule has 1 heterocycles. The molecule has 7 heteroatoms. The minimum Gasteiger partial charge on any atom is -0.307 e. The van der Waals surface area contributed by atoms with Crippen LogP contribution in [-0.4, -0.2) is 43.7 Å². The summed E-state index contributed by atoms with van der Waals surface area (Å²) in [5.41, 5.74) is -0.285. The molecular formula is C9H18N4O2S. The van der Waals surface area contributed by atoms with Crippen LogP contribution in [0.1, 0.15) is 13.8 Å². The lowest BCUT2D eigenvalue weighted by atomic mass is 10.1. The summed E-state index contributed by atoms with van der Waals surface area (Å²) in [6, 6.07) is 0. The number of hydrogen-bond donors (Lipinski definition) is 1. The first-order valence-electron chi connectivity index (χ1n) is 4.85. The molecule has 92 valence electrons. The fourth-order valence-electron chi connectivity index (χ4n) is 1.63. The van der Waals surface area contributed by atoms with Gasteiger partial charge in [-0.15, -0.1) is 0 Å². The third-order valence-electron chi connectivity index (χ3n) is 2.21. The lowest BCUT2D eigenvalue weighted by Crippen LogP contribution is -2.38. The van der Waals surface area contributed by atoms with Crippen LogP contribution in [0.5, 0.6) is 0 Å². The fraction of sp³-hybridized carbons (Fsp3) is 0.667. The number of nitrogens with two attached hydrogens (primary N) is 1. The predicted octanol–water partition coefficient (Wildman–Crippen LogP) is -0.173. The Bertz CT molecular complexity index is 462. The summed E-state index contributed by atoms with van der Waals surface area (Å²) in [4.78, 5) is 2.05. The highest BCUT2D eigenvalue weighted by Gasteiger charge is 2.23. The van der Waals surface area contributed by atoms with E-state index >= 15 is 0 Å². The first kappa shape index (κ1) is 13.1. The van der Waals surface area contributed by atoms with E-state index in [1.54, 1.807) is 4.68 Å². The van der Waals surface area contributed by atoms with E-state index in [4.69, 9.17) is 5.14 Å². The van der Waals surface area contributed by atoms with Crippen molar-refractivity contribution in [3.8, 4) is 0 Å². The number of sulfonamides is 1. The number of likely N-dealkylation sites (N-methyl/N-ethyl adjacent to an activating group) is 1. The van der Waals surface area contributed by atoms with Crippen molar-refractivity contribution >= 4 is 10.0 Å². The molecule has 0 radical (unpaired) electrons. The van der Waals surface area contributed by atoms with Crippen LogP contribution in [0.4, 0.5) is 0 Å². The first-order valence-corrected chi connectivity index (χ1v) is 6.40. The maximum Gasteiger partial charge on any atom is 0.241 e. The molecule has 6 nitrogen and oxygen atoms in total. The quantitative estimate of drug-likeness (QED) is 0.799. The molecule has 0 aliphatic rings. The lowest BCUT2D eigenvalue weighted by molar-refractivity contribution is 0.223. The Hall–Kier alpha value is -0.920. The van der Waals surface area contributed by atoms with E-state index in [9.17, 15) is 8.42 Å². The maximum absolute atomic E-state index is 11.1. The van der Waals surface area contributed by atoms with E-state index in [0.717, 1.165) is 6.54 Å². The molecule has 1 aromatic rings. The van der Waals surface area contributed by atoms with Crippen molar-refractivity contribution < 1.29 is 8.42 Å². The summed E-state index contributed by atoms with van der Waals surface area (Å²) >= 11 is 0. The largest absolute Gasteiger partial charge is 0.307 e. The van der Waals surface area contributed by atoms with Crippen molar-refractivity contribution in [1.82, 2.24) is 14.7 Å². The normalized spacial score (nSPS) is 13.4. The molecule has 16 heavy (non-hydrogen) atoms. The zero-order valence-corrected chi connectivity index (χ0v) is 10.8. The standard InChI is InChI=1S/C9H18N4O2S/c1-9(2,7-12(3)4)13-6-8(5-11-13)16(10,14)15/h5-6H,7H2,1-4H3,(H2,10,14,15). The van der Waals surface area contributed by atoms with E-state index < -0.39 is 10.0 Å². The Labute approximate surface area is 96.1 Å². The molecule has 0 unspecified atom stereocenters. The zero-order chi connectivity index (χ0) is 12.6. The number of nitrogens with zero attached hydrogens (tertiary/aromatic N) is 3. The van der Waals surface area contributed by atoms with Gasteiger partial charge in [-0.1, -0.05) is 0 Å². The second kappa shape index (κ2) is 4.15. The van der Waals surface area contributed by atoms with Crippen molar-refractivity contribution in [3.63, 3.8) is 0 Å². The highest BCUT2D eigenvalue weighted by molar-refractivity contribution is 7.89. The Morgan fingerprint density at radius 1 is 1.50 bits per heavy atom. The van der Waals surface area contributed by atoms with Crippen molar-refractivity contribution in [2.75, 3.05) is 20.6 Å². The molecule has 1 aromatic heterocycles. The number of hydrogen-bond acceptors (Lipinski definition) is 4. The monoisotopic (exact) mass is 246 g/mol. The van der Waals surface area contributed by atoms with Crippen molar-refractivity contribution in [1.29, 1.82) is 0 Å². The highest BCUT2D eigenvalue weighted by atomic mass is 32.2. The van der Waals surface area contributed by atoms with Gasteiger partial charge in [0, 0.05) is 12.7 Å². The zero-order valence-electron chi connectivity index (χ0n) is 10.0. The van der Waals surface area contributed by atoms with Crippen molar-refractivity contribution in [2.45, 2.75) is 24.3 Å². The van der Waals surface area contributed by atoms with Crippen LogP contribution in [0, 0.1) is 0 Å². The van der Waals surface area contributed by atoms with Crippen molar-refractivity contribution in [3.05, 3.63) is 12.4 Å². The van der Waals surface area contributed by atoms with Gasteiger partial charge in [0.15, 0.2) is 0 Å². The topological polar surface area (TPSA) is 81.2 Å². The van der Waals surface area contributed by atoms with Crippen LogP contribution in [0.2, 0.25) is 0 Å². The number of rotatable bonds is 4. The van der Waals surface area contributed by atoms with Gasteiger partial charge in [-0.3, -0.25) is 4.68 Å². The van der Waals surface area contributed by atoms with Gasteiger partial charge in [0.05, 0.1) is 11.7 Å². The van der Waals surface area contributed by atoms with E-state index in [1.165, 1.54) is 12.4 Å². The molecule has 0 aliphatic heterocycles. The molecule has 0 aliphatic carbocycles. The molecule has 0 fully saturated rings. The van der Waals surface area contributed by atoms with Gasteiger partial charge in [-0.05, 0) is 27.9 Å². The SMILES string of the molecule is CN(C)CC(C)(C)n1cc(S(N)(=O)=O)cn1. The van der Waals surface area contributed by atoms with Gasteiger partial charge in [-0.2, -0.15) is 5.10 Å². The average Bonchev–Trinajstić information content (AvgIpc) is 2.47. The second-order valence-corrected chi connectivity index (χ2v) is 6.28. The summed E-state index contributed by atoms with van der Waals surface area (Å²) in [7, 11) is 0.233. The van der Waals surface area contributed by atoms with Crippen LogP contribution in [0.15, 0.2) is 17.3 Å². The van der Waals surface area contributed by atoms with Gasteiger partial charge in [-0.25, -0.2) is 13.6 Å². The average molecular weight is 246 g/mol. The predicted molar refractivity (Wildman–Crippen MR) is 61.5 cm³/mol. The van der Waals surface area contributed by atoms with Crippen LogP contribution >= 0.6 is 0 Å². The van der Waals surface area contributed by atoms with E-state index in [2.05, 4.69) is 5.10 Å². The Morgan fingerprint density at radius 3 is 2.44 bits per heavy atom. The number of primary sulfonamides is 1.